The van der Waals surface area contributed by atoms with Gasteiger partial charge in [-0.15, -0.1) is 23.2 Å². The minimum Gasteiger partial charge on any atom is -0.506 e. The number of phenolic OH excluding ortho intramolecular Hbond substituents is 1. The molecule has 1 aromatic carbocycles. The Morgan fingerprint density at radius 1 is 1.19 bits per heavy atom. The second-order valence-electron chi connectivity index (χ2n) is 3.03. The number of Topliss-reactive ketones (excluding diaryl/α,β-unsaturated/α-hetero) is 2. The molecule has 0 unspecified atom stereocenters. The van der Waals surface area contributed by atoms with Gasteiger partial charge in [0.1, 0.15) is 5.75 Å². The zero-order valence-electron chi connectivity index (χ0n) is 8.17. The Bertz CT molecular complexity index is 446. The molecule has 0 saturated carbocycles. The van der Waals surface area contributed by atoms with Gasteiger partial charge < -0.3 is 10.8 Å². The first kappa shape index (κ1) is 12.8. The topological polar surface area (TPSA) is 80.4 Å². The standard InChI is InChI=1S/C10H9Cl2NO3/c11-3-7(15)5-1-2-6(14)10(13)9(5)8(16)4-12/h1-2,14H,3-4,13H2. The van der Waals surface area contributed by atoms with Crippen LogP contribution in [-0.2, 0) is 0 Å². The van der Waals surface area contributed by atoms with Gasteiger partial charge in [0.05, 0.1) is 23.0 Å². The van der Waals surface area contributed by atoms with Crippen LogP contribution in [0.2, 0.25) is 0 Å². The number of nitrogen functional groups attached to an aromatic ring is 1. The van der Waals surface area contributed by atoms with Crippen molar-refractivity contribution in [3.63, 3.8) is 0 Å². The summed E-state index contributed by atoms with van der Waals surface area (Å²) in [7, 11) is 0. The van der Waals surface area contributed by atoms with Crippen molar-refractivity contribution in [1.82, 2.24) is 0 Å². The smallest absolute Gasteiger partial charge is 0.180 e. The van der Waals surface area contributed by atoms with E-state index in [1.807, 2.05) is 0 Å². The van der Waals surface area contributed by atoms with Crippen molar-refractivity contribution in [2.45, 2.75) is 0 Å². The van der Waals surface area contributed by atoms with Crippen molar-refractivity contribution in [1.29, 1.82) is 0 Å². The molecule has 0 aliphatic rings. The van der Waals surface area contributed by atoms with Crippen molar-refractivity contribution in [2.24, 2.45) is 0 Å². The Kier molecular flexibility index (Phi) is 4.15. The maximum absolute atomic E-state index is 11.5. The van der Waals surface area contributed by atoms with E-state index in [2.05, 4.69) is 0 Å². The second-order valence-corrected chi connectivity index (χ2v) is 3.57. The summed E-state index contributed by atoms with van der Waals surface area (Å²) >= 11 is 10.8. The first-order valence-corrected chi connectivity index (χ1v) is 5.39. The van der Waals surface area contributed by atoms with Crippen molar-refractivity contribution in [2.75, 3.05) is 17.5 Å². The van der Waals surface area contributed by atoms with Crippen LogP contribution < -0.4 is 5.73 Å². The number of aromatic hydroxyl groups is 1. The van der Waals surface area contributed by atoms with E-state index in [1.54, 1.807) is 0 Å². The van der Waals surface area contributed by atoms with Gasteiger partial charge in [0, 0.05) is 5.56 Å². The number of alkyl halides is 2. The number of nitrogens with two attached hydrogens (primary N) is 1. The van der Waals surface area contributed by atoms with E-state index in [0.29, 0.717) is 0 Å². The summed E-state index contributed by atoms with van der Waals surface area (Å²) in [4.78, 5) is 23.0. The van der Waals surface area contributed by atoms with E-state index in [1.165, 1.54) is 12.1 Å². The number of hydrogen-bond donors (Lipinski definition) is 2. The molecular weight excluding hydrogens is 253 g/mol. The van der Waals surface area contributed by atoms with Gasteiger partial charge in [0.2, 0.25) is 0 Å². The number of anilines is 1. The molecule has 0 saturated heterocycles. The summed E-state index contributed by atoms with van der Waals surface area (Å²) < 4.78 is 0. The molecule has 86 valence electrons. The maximum atomic E-state index is 11.5. The van der Waals surface area contributed by atoms with Gasteiger partial charge in [-0.25, -0.2) is 0 Å². The molecule has 1 rings (SSSR count). The van der Waals surface area contributed by atoms with Crippen LogP contribution in [0.3, 0.4) is 0 Å². The van der Waals surface area contributed by atoms with Crippen LogP contribution in [-0.4, -0.2) is 28.4 Å². The highest BCUT2D eigenvalue weighted by molar-refractivity contribution is 6.35. The Balaban J connectivity index is 3.44. The molecular formula is C10H9Cl2NO3. The van der Waals surface area contributed by atoms with Gasteiger partial charge in [-0.3, -0.25) is 9.59 Å². The molecule has 6 heteroatoms. The van der Waals surface area contributed by atoms with Crippen molar-refractivity contribution in [3.05, 3.63) is 23.3 Å². The number of carbonyl (C=O) groups is 2. The Labute approximate surface area is 102 Å². The average Bonchev–Trinajstić information content (AvgIpc) is 2.30. The van der Waals surface area contributed by atoms with E-state index >= 15 is 0 Å². The van der Waals surface area contributed by atoms with E-state index < -0.39 is 11.6 Å². The van der Waals surface area contributed by atoms with Crippen LogP contribution in [0.25, 0.3) is 0 Å². The quantitative estimate of drug-likeness (QED) is 0.375. The molecule has 0 aromatic heterocycles. The summed E-state index contributed by atoms with van der Waals surface area (Å²) in [6.07, 6.45) is 0. The Morgan fingerprint density at radius 2 is 1.75 bits per heavy atom. The maximum Gasteiger partial charge on any atom is 0.180 e. The van der Waals surface area contributed by atoms with Crippen LogP contribution >= 0.6 is 23.2 Å². The normalized spacial score (nSPS) is 10.1. The van der Waals surface area contributed by atoms with Crippen LogP contribution in [0.15, 0.2) is 12.1 Å². The summed E-state index contributed by atoms with van der Waals surface area (Å²) in [5, 5.41) is 9.36. The van der Waals surface area contributed by atoms with Gasteiger partial charge in [-0.05, 0) is 12.1 Å². The second kappa shape index (κ2) is 5.18. The first-order chi connectivity index (χ1) is 7.52. The molecule has 0 fully saturated rings. The lowest BCUT2D eigenvalue weighted by Gasteiger charge is -2.09. The van der Waals surface area contributed by atoms with Gasteiger partial charge in [0.15, 0.2) is 11.6 Å². The third kappa shape index (κ3) is 2.28. The molecule has 4 nitrogen and oxygen atoms in total. The van der Waals surface area contributed by atoms with Gasteiger partial charge >= 0.3 is 0 Å². The lowest BCUT2D eigenvalue weighted by molar-refractivity contribution is 0.0985. The van der Waals surface area contributed by atoms with E-state index in [4.69, 9.17) is 28.9 Å². The lowest BCUT2D eigenvalue weighted by atomic mass is 9.99. The molecule has 0 atom stereocenters. The summed E-state index contributed by atoms with van der Waals surface area (Å²) in [5.74, 6) is -1.83. The lowest BCUT2D eigenvalue weighted by Crippen LogP contribution is -2.14. The van der Waals surface area contributed by atoms with Crippen molar-refractivity contribution in [3.8, 4) is 5.75 Å². The molecule has 0 aliphatic heterocycles. The molecule has 0 aliphatic carbocycles. The summed E-state index contributed by atoms with van der Waals surface area (Å²) in [6.45, 7) is 0. The molecule has 1 aromatic rings. The monoisotopic (exact) mass is 261 g/mol. The Hall–Kier alpha value is -1.26. The summed E-state index contributed by atoms with van der Waals surface area (Å²) in [6, 6.07) is 2.54. The van der Waals surface area contributed by atoms with Crippen LogP contribution in [0.4, 0.5) is 5.69 Å². The largest absolute Gasteiger partial charge is 0.506 e. The minimum absolute atomic E-state index is 0.0688. The number of ketones is 2. The van der Waals surface area contributed by atoms with Gasteiger partial charge in [0.25, 0.3) is 0 Å². The fraction of sp³-hybridized carbons (Fsp3) is 0.200. The highest BCUT2D eigenvalue weighted by atomic mass is 35.5. The average molecular weight is 262 g/mol. The predicted molar refractivity (Wildman–Crippen MR) is 62.6 cm³/mol. The number of benzene rings is 1. The fourth-order valence-electron chi connectivity index (χ4n) is 1.28. The first-order valence-electron chi connectivity index (χ1n) is 4.32. The fourth-order valence-corrected chi connectivity index (χ4v) is 1.56. The molecule has 0 radical (unpaired) electrons. The predicted octanol–water partition coefficient (Wildman–Crippen LogP) is 1.82. The molecule has 16 heavy (non-hydrogen) atoms. The van der Waals surface area contributed by atoms with Gasteiger partial charge in [-0.2, -0.15) is 0 Å². The number of carbonyl (C=O) groups excluding carboxylic acids is 2. The molecule has 0 heterocycles. The minimum atomic E-state index is -0.525. The molecule has 0 amide bonds. The third-order valence-corrected chi connectivity index (χ3v) is 2.53. The van der Waals surface area contributed by atoms with Crippen LogP contribution in [0.1, 0.15) is 20.7 Å². The van der Waals surface area contributed by atoms with Crippen LogP contribution in [0, 0.1) is 0 Å². The SMILES string of the molecule is Nc1c(O)ccc(C(=O)CCl)c1C(=O)CCl. The van der Waals surface area contributed by atoms with Crippen molar-refractivity contribution < 1.29 is 14.7 Å². The third-order valence-electron chi connectivity index (χ3n) is 2.04. The highest BCUT2D eigenvalue weighted by Gasteiger charge is 2.20. The van der Waals surface area contributed by atoms with Crippen LogP contribution in [0.5, 0.6) is 5.75 Å². The molecule has 3 N–H and O–H groups in total. The van der Waals surface area contributed by atoms with E-state index in [-0.39, 0.29) is 34.3 Å². The van der Waals surface area contributed by atoms with Crippen molar-refractivity contribution >= 4 is 40.5 Å². The molecule has 0 spiro atoms. The Morgan fingerprint density at radius 3 is 2.25 bits per heavy atom. The summed E-state index contributed by atoms with van der Waals surface area (Å²) in [5.41, 5.74) is 5.39. The zero-order chi connectivity index (χ0) is 12.3. The van der Waals surface area contributed by atoms with E-state index in [9.17, 15) is 14.7 Å². The number of rotatable bonds is 4. The number of hydrogen-bond acceptors (Lipinski definition) is 4. The highest BCUT2D eigenvalue weighted by Crippen LogP contribution is 2.28. The number of halogens is 2. The zero-order valence-corrected chi connectivity index (χ0v) is 9.68. The number of phenols is 1. The van der Waals surface area contributed by atoms with E-state index in [0.717, 1.165) is 0 Å². The molecule has 0 bridgehead atoms. The van der Waals surface area contributed by atoms with Gasteiger partial charge in [-0.1, -0.05) is 0 Å².